The first-order valence-corrected chi connectivity index (χ1v) is 10.1. The number of aromatic nitrogens is 2. The number of carbonyl (C=O) groups is 1. The fourth-order valence-electron chi connectivity index (χ4n) is 3.05. The largest absolute Gasteiger partial charge is 0.486 e. The molecule has 1 amide bonds. The van der Waals surface area contributed by atoms with E-state index in [1.807, 2.05) is 24.3 Å². The van der Waals surface area contributed by atoms with Crippen LogP contribution in [-0.4, -0.2) is 15.7 Å². The van der Waals surface area contributed by atoms with E-state index in [4.69, 9.17) is 16.3 Å². The average molecular weight is 454 g/mol. The lowest BCUT2D eigenvalue weighted by molar-refractivity contribution is 0.102. The molecule has 0 saturated heterocycles. The quantitative estimate of drug-likeness (QED) is 0.391. The average Bonchev–Trinajstić information content (AvgIpc) is 3.21. The fourth-order valence-corrected chi connectivity index (χ4v) is 3.18. The number of hydrogen-bond acceptors (Lipinski definition) is 3. The Morgan fingerprint density at radius 1 is 1.03 bits per heavy atom. The van der Waals surface area contributed by atoms with Gasteiger partial charge in [-0.2, -0.15) is 5.10 Å². The maximum atomic E-state index is 13.7. The van der Waals surface area contributed by atoms with Gasteiger partial charge in [0, 0.05) is 22.8 Å². The number of nitrogens with one attached hydrogen (secondary N) is 1. The summed E-state index contributed by atoms with van der Waals surface area (Å²) >= 11 is 5.90. The number of anilines is 1. The van der Waals surface area contributed by atoms with E-state index in [0.29, 0.717) is 28.4 Å². The number of benzene rings is 3. The molecule has 0 aliphatic rings. The zero-order valence-corrected chi connectivity index (χ0v) is 17.5. The van der Waals surface area contributed by atoms with E-state index < -0.39 is 11.6 Å². The van der Waals surface area contributed by atoms with Crippen LogP contribution in [0.15, 0.2) is 79.1 Å². The molecule has 4 rings (SSSR count). The van der Waals surface area contributed by atoms with Crippen molar-refractivity contribution in [1.29, 1.82) is 0 Å². The van der Waals surface area contributed by atoms with Crippen LogP contribution in [0.1, 0.15) is 21.5 Å². The van der Waals surface area contributed by atoms with E-state index in [-0.39, 0.29) is 18.3 Å². The first kappa shape index (κ1) is 21.5. The Kier molecular flexibility index (Phi) is 6.47. The molecule has 0 aliphatic carbocycles. The van der Waals surface area contributed by atoms with Gasteiger partial charge in [-0.25, -0.2) is 8.78 Å². The molecule has 0 fully saturated rings. The van der Waals surface area contributed by atoms with Crippen molar-refractivity contribution < 1.29 is 18.3 Å². The second-order valence-electron chi connectivity index (χ2n) is 7.07. The Morgan fingerprint density at radius 3 is 2.62 bits per heavy atom. The summed E-state index contributed by atoms with van der Waals surface area (Å²) in [7, 11) is 0. The summed E-state index contributed by atoms with van der Waals surface area (Å²) in [6.45, 7) is 0.572. The summed E-state index contributed by atoms with van der Waals surface area (Å²) in [5.41, 5.74) is 2.66. The molecule has 1 aromatic heterocycles. The van der Waals surface area contributed by atoms with Gasteiger partial charge in [0.2, 0.25) is 0 Å². The van der Waals surface area contributed by atoms with E-state index in [2.05, 4.69) is 10.4 Å². The summed E-state index contributed by atoms with van der Waals surface area (Å²) in [6.07, 6.45) is 3.30. The molecule has 1 N–H and O–H groups in total. The molecule has 1 heterocycles. The molecule has 0 aliphatic heterocycles. The minimum atomic E-state index is -0.783. The van der Waals surface area contributed by atoms with Crippen LogP contribution in [0.4, 0.5) is 14.5 Å². The molecule has 0 spiro atoms. The molecule has 0 unspecified atom stereocenters. The lowest BCUT2D eigenvalue weighted by atomic mass is 10.1. The highest BCUT2D eigenvalue weighted by atomic mass is 35.5. The molecule has 0 radical (unpaired) electrons. The summed E-state index contributed by atoms with van der Waals surface area (Å²) in [5.74, 6) is -1.83. The van der Waals surface area contributed by atoms with Crippen molar-refractivity contribution in [2.75, 3.05) is 5.32 Å². The maximum absolute atomic E-state index is 13.7. The second-order valence-corrected chi connectivity index (χ2v) is 7.51. The zero-order chi connectivity index (χ0) is 22.5. The minimum Gasteiger partial charge on any atom is -0.486 e. The van der Waals surface area contributed by atoms with Crippen LogP contribution < -0.4 is 10.1 Å². The Hall–Kier alpha value is -3.71. The first-order valence-electron chi connectivity index (χ1n) is 9.71. The Bertz CT molecular complexity index is 1240. The van der Waals surface area contributed by atoms with E-state index in [1.165, 1.54) is 6.07 Å². The molecule has 0 bridgehead atoms. The Balaban J connectivity index is 1.37. The normalized spacial score (nSPS) is 10.7. The second kappa shape index (κ2) is 9.62. The van der Waals surface area contributed by atoms with E-state index in [0.717, 1.165) is 17.7 Å². The lowest BCUT2D eigenvalue weighted by Crippen LogP contribution is -2.12. The topological polar surface area (TPSA) is 56.2 Å². The summed E-state index contributed by atoms with van der Waals surface area (Å²) < 4.78 is 33.8. The predicted octanol–water partition coefficient (Wildman–Crippen LogP) is 5.69. The van der Waals surface area contributed by atoms with Crippen LogP contribution in [0.5, 0.6) is 5.75 Å². The monoisotopic (exact) mass is 453 g/mol. The molecule has 4 aromatic rings. The summed E-state index contributed by atoms with van der Waals surface area (Å²) in [4.78, 5) is 12.6. The molecule has 32 heavy (non-hydrogen) atoms. The van der Waals surface area contributed by atoms with Crippen molar-refractivity contribution >= 4 is 23.2 Å². The zero-order valence-electron chi connectivity index (χ0n) is 16.8. The molecule has 162 valence electrons. The third-order valence-electron chi connectivity index (χ3n) is 4.63. The number of rotatable bonds is 7. The van der Waals surface area contributed by atoms with Crippen molar-refractivity contribution in [2.45, 2.75) is 13.2 Å². The van der Waals surface area contributed by atoms with Gasteiger partial charge in [0.1, 0.15) is 12.4 Å². The van der Waals surface area contributed by atoms with Gasteiger partial charge < -0.3 is 10.1 Å². The molecule has 3 aromatic carbocycles. The van der Waals surface area contributed by atoms with Crippen LogP contribution in [0.25, 0.3) is 0 Å². The third-order valence-corrected chi connectivity index (χ3v) is 4.88. The van der Waals surface area contributed by atoms with E-state index in [9.17, 15) is 13.6 Å². The fraction of sp³-hybridized carbons (Fsp3) is 0.0833. The van der Waals surface area contributed by atoms with E-state index in [1.54, 1.807) is 41.3 Å². The predicted molar refractivity (Wildman–Crippen MR) is 118 cm³/mol. The number of carbonyl (C=O) groups excluding carboxylic acids is 1. The van der Waals surface area contributed by atoms with Gasteiger partial charge in [0.15, 0.2) is 11.6 Å². The van der Waals surface area contributed by atoms with Crippen LogP contribution in [0, 0.1) is 11.6 Å². The standard InChI is InChI=1S/C24H18ClF2N3O2/c25-19-6-4-16(5-7-19)13-30-14-21(12-28-30)29-24(31)18-3-1-2-17(10-18)15-32-23-9-8-20(26)11-22(23)27/h1-12,14H,13,15H2,(H,29,31). The van der Waals surface area contributed by atoms with Gasteiger partial charge in [0.05, 0.1) is 18.4 Å². The highest BCUT2D eigenvalue weighted by molar-refractivity contribution is 6.30. The highest BCUT2D eigenvalue weighted by Gasteiger charge is 2.10. The smallest absolute Gasteiger partial charge is 0.255 e. The van der Waals surface area contributed by atoms with Gasteiger partial charge in [-0.3, -0.25) is 9.48 Å². The molecular formula is C24H18ClF2N3O2. The van der Waals surface area contributed by atoms with Crippen LogP contribution >= 0.6 is 11.6 Å². The number of amides is 1. The van der Waals surface area contributed by atoms with Gasteiger partial charge >= 0.3 is 0 Å². The van der Waals surface area contributed by atoms with Crippen molar-refractivity contribution in [2.24, 2.45) is 0 Å². The molecule has 8 heteroatoms. The van der Waals surface area contributed by atoms with Crippen molar-refractivity contribution in [3.8, 4) is 5.75 Å². The van der Waals surface area contributed by atoms with Gasteiger partial charge in [0.25, 0.3) is 5.91 Å². The van der Waals surface area contributed by atoms with Crippen LogP contribution in [0.2, 0.25) is 5.02 Å². The summed E-state index contributed by atoms with van der Waals surface area (Å²) in [6, 6.07) is 17.3. The minimum absolute atomic E-state index is 0.0305. The maximum Gasteiger partial charge on any atom is 0.255 e. The SMILES string of the molecule is O=C(Nc1cnn(Cc2ccc(Cl)cc2)c1)c1cccc(COc2ccc(F)cc2F)c1. The number of nitrogens with zero attached hydrogens (tertiary/aromatic N) is 2. The van der Waals surface area contributed by atoms with Crippen LogP contribution in [0.3, 0.4) is 0 Å². The molecule has 0 atom stereocenters. The van der Waals surface area contributed by atoms with Crippen molar-refractivity contribution in [3.05, 3.63) is 112 Å². The molecule has 5 nitrogen and oxygen atoms in total. The van der Waals surface area contributed by atoms with Gasteiger partial charge in [-0.15, -0.1) is 0 Å². The lowest BCUT2D eigenvalue weighted by Gasteiger charge is -2.09. The van der Waals surface area contributed by atoms with E-state index >= 15 is 0 Å². The van der Waals surface area contributed by atoms with Gasteiger partial charge in [-0.05, 0) is 47.5 Å². The van der Waals surface area contributed by atoms with Crippen molar-refractivity contribution in [3.63, 3.8) is 0 Å². The summed E-state index contributed by atoms with van der Waals surface area (Å²) in [5, 5.41) is 7.73. The van der Waals surface area contributed by atoms with Gasteiger partial charge in [-0.1, -0.05) is 35.9 Å². The van der Waals surface area contributed by atoms with Crippen molar-refractivity contribution in [1.82, 2.24) is 9.78 Å². The van der Waals surface area contributed by atoms with Crippen LogP contribution in [-0.2, 0) is 13.2 Å². The first-order chi connectivity index (χ1) is 15.5. The highest BCUT2D eigenvalue weighted by Crippen LogP contribution is 2.20. The molecular weight excluding hydrogens is 436 g/mol. The third kappa shape index (κ3) is 5.50. The molecule has 0 saturated carbocycles. The Morgan fingerprint density at radius 2 is 1.84 bits per heavy atom. The number of halogens is 3. The Labute approximate surface area is 188 Å². The number of ether oxygens (including phenoxy) is 1. The number of hydrogen-bond donors (Lipinski definition) is 1.